The minimum atomic E-state index is 0.0816. The monoisotopic (exact) mass is 235 g/mol. The summed E-state index contributed by atoms with van der Waals surface area (Å²) < 4.78 is 4.85. The van der Waals surface area contributed by atoms with E-state index in [0.717, 1.165) is 32.5 Å². The van der Waals surface area contributed by atoms with E-state index in [1.54, 1.807) is 0 Å². The molecule has 0 aromatic carbocycles. The van der Waals surface area contributed by atoms with Crippen LogP contribution in [-0.2, 0) is 0 Å². The van der Waals surface area contributed by atoms with Crippen LogP contribution in [-0.4, -0.2) is 41.6 Å². The van der Waals surface area contributed by atoms with Gasteiger partial charge < -0.3 is 14.7 Å². The number of amides is 1. The van der Waals surface area contributed by atoms with Crippen LogP contribution in [0.15, 0.2) is 10.8 Å². The van der Waals surface area contributed by atoms with Crippen molar-refractivity contribution >= 4 is 5.91 Å². The molecule has 2 fully saturated rings. The van der Waals surface area contributed by atoms with E-state index < -0.39 is 0 Å². The third-order valence-corrected chi connectivity index (χ3v) is 3.95. The van der Waals surface area contributed by atoms with Crippen molar-refractivity contribution in [3.63, 3.8) is 0 Å². The molecule has 1 amide bonds. The maximum absolute atomic E-state index is 12.4. The van der Waals surface area contributed by atoms with E-state index in [4.69, 9.17) is 4.52 Å². The molecule has 2 saturated heterocycles. The number of nitrogens with zero attached hydrogens (tertiary/aromatic N) is 2. The molecule has 2 aliphatic rings. The van der Waals surface area contributed by atoms with E-state index in [1.165, 1.54) is 6.26 Å². The number of rotatable bonds is 1. The fourth-order valence-corrected chi connectivity index (χ4v) is 2.99. The normalized spacial score (nSPS) is 28.2. The molecule has 2 unspecified atom stereocenters. The van der Waals surface area contributed by atoms with Crippen molar-refractivity contribution < 1.29 is 9.32 Å². The van der Waals surface area contributed by atoms with Crippen molar-refractivity contribution in [2.24, 2.45) is 5.92 Å². The molecule has 0 radical (unpaired) electrons. The minimum absolute atomic E-state index is 0.0816. The van der Waals surface area contributed by atoms with Crippen LogP contribution in [0, 0.1) is 12.8 Å². The number of aromatic nitrogens is 1. The highest BCUT2D eigenvalue weighted by atomic mass is 16.5. The minimum Gasteiger partial charge on any atom is -0.364 e. The number of piperidine rings is 1. The van der Waals surface area contributed by atoms with Gasteiger partial charge in [-0.25, -0.2) is 0 Å². The Hall–Kier alpha value is -1.36. The number of carbonyl (C=O) groups is 1. The van der Waals surface area contributed by atoms with Crippen molar-refractivity contribution in [3.05, 3.63) is 17.5 Å². The molecule has 0 saturated carbocycles. The summed E-state index contributed by atoms with van der Waals surface area (Å²) in [5, 5.41) is 7.17. The summed E-state index contributed by atoms with van der Waals surface area (Å²) >= 11 is 0. The highest BCUT2D eigenvalue weighted by Crippen LogP contribution is 2.30. The number of nitrogens with one attached hydrogen (secondary N) is 1. The van der Waals surface area contributed by atoms with Gasteiger partial charge in [0, 0.05) is 12.6 Å². The molecule has 0 spiro atoms. The lowest BCUT2D eigenvalue weighted by Gasteiger charge is -2.32. The molecular formula is C12H17N3O2. The molecule has 1 aromatic rings. The fourth-order valence-electron chi connectivity index (χ4n) is 2.99. The molecule has 5 nitrogen and oxygen atoms in total. The number of hydrogen-bond acceptors (Lipinski definition) is 4. The van der Waals surface area contributed by atoms with Gasteiger partial charge in [0.05, 0.1) is 5.69 Å². The highest BCUT2D eigenvalue weighted by molar-refractivity contribution is 5.95. The summed E-state index contributed by atoms with van der Waals surface area (Å²) in [6, 6.07) is 0.401. The van der Waals surface area contributed by atoms with Gasteiger partial charge in [0.15, 0.2) is 0 Å². The summed E-state index contributed by atoms with van der Waals surface area (Å²) in [6.07, 6.45) is 3.63. The average molecular weight is 235 g/mol. The molecule has 17 heavy (non-hydrogen) atoms. The van der Waals surface area contributed by atoms with Crippen LogP contribution in [0.1, 0.15) is 28.9 Å². The van der Waals surface area contributed by atoms with Gasteiger partial charge in [0.25, 0.3) is 5.91 Å². The first kappa shape index (κ1) is 10.8. The van der Waals surface area contributed by atoms with Crippen molar-refractivity contribution in [1.29, 1.82) is 0 Å². The first-order valence-electron chi connectivity index (χ1n) is 6.20. The number of aryl methyl sites for hydroxylation is 1. The average Bonchev–Trinajstić information content (AvgIpc) is 2.94. The second-order valence-corrected chi connectivity index (χ2v) is 4.92. The molecule has 5 heteroatoms. The van der Waals surface area contributed by atoms with E-state index in [9.17, 15) is 4.79 Å². The molecule has 92 valence electrons. The largest absolute Gasteiger partial charge is 0.364 e. The quantitative estimate of drug-likeness (QED) is 0.782. The SMILES string of the molecule is Cc1nocc1C(=O)N1CCC2CNCCC21. The number of likely N-dealkylation sites (tertiary alicyclic amines) is 1. The molecular weight excluding hydrogens is 218 g/mol. The summed E-state index contributed by atoms with van der Waals surface area (Å²) in [5.74, 6) is 0.700. The third-order valence-electron chi connectivity index (χ3n) is 3.95. The van der Waals surface area contributed by atoms with Gasteiger partial charge in [-0.3, -0.25) is 4.79 Å². The van der Waals surface area contributed by atoms with E-state index in [-0.39, 0.29) is 5.91 Å². The summed E-state index contributed by atoms with van der Waals surface area (Å²) in [7, 11) is 0. The summed E-state index contributed by atoms with van der Waals surface area (Å²) in [4.78, 5) is 14.4. The Morgan fingerprint density at radius 3 is 3.24 bits per heavy atom. The Balaban J connectivity index is 1.81. The second kappa shape index (κ2) is 4.14. The van der Waals surface area contributed by atoms with E-state index >= 15 is 0 Å². The first-order valence-corrected chi connectivity index (χ1v) is 6.20. The van der Waals surface area contributed by atoms with Crippen LogP contribution in [0.3, 0.4) is 0 Å². The van der Waals surface area contributed by atoms with Crippen LogP contribution in [0.25, 0.3) is 0 Å². The van der Waals surface area contributed by atoms with E-state index in [0.29, 0.717) is 23.2 Å². The van der Waals surface area contributed by atoms with Gasteiger partial charge in [-0.05, 0) is 38.8 Å². The standard InChI is InChI=1S/C12H17N3O2/c1-8-10(7-17-14-8)12(16)15-5-3-9-6-13-4-2-11(9)15/h7,9,11,13H,2-6H2,1H3. The number of carbonyl (C=O) groups excluding carboxylic acids is 1. The van der Waals surface area contributed by atoms with Crippen LogP contribution >= 0.6 is 0 Å². The van der Waals surface area contributed by atoms with Crippen LogP contribution < -0.4 is 5.32 Å². The van der Waals surface area contributed by atoms with Crippen molar-refractivity contribution in [2.45, 2.75) is 25.8 Å². The maximum atomic E-state index is 12.4. The van der Waals surface area contributed by atoms with Crippen molar-refractivity contribution in [2.75, 3.05) is 19.6 Å². The van der Waals surface area contributed by atoms with Gasteiger partial charge >= 0.3 is 0 Å². The molecule has 3 rings (SSSR count). The molecule has 0 bridgehead atoms. The first-order chi connectivity index (χ1) is 8.27. The summed E-state index contributed by atoms with van der Waals surface area (Å²) in [5.41, 5.74) is 1.30. The topological polar surface area (TPSA) is 58.4 Å². The Kier molecular flexibility index (Phi) is 2.63. The maximum Gasteiger partial charge on any atom is 0.259 e. The van der Waals surface area contributed by atoms with Gasteiger partial charge in [0.1, 0.15) is 11.8 Å². The molecule has 2 aliphatic heterocycles. The van der Waals surface area contributed by atoms with Gasteiger partial charge in [-0.2, -0.15) is 0 Å². The number of hydrogen-bond donors (Lipinski definition) is 1. The Bertz CT molecular complexity index is 429. The van der Waals surface area contributed by atoms with Gasteiger partial charge in [0.2, 0.25) is 0 Å². The smallest absolute Gasteiger partial charge is 0.259 e. The van der Waals surface area contributed by atoms with Crippen molar-refractivity contribution in [3.8, 4) is 0 Å². The zero-order valence-electron chi connectivity index (χ0n) is 9.98. The molecule has 0 aliphatic carbocycles. The Morgan fingerprint density at radius 2 is 2.47 bits per heavy atom. The third kappa shape index (κ3) is 1.74. The fraction of sp³-hybridized carbons (Fsp3) is 0.667. The zero-order chi connectivity index (χ0) is 11.8. The van der Waals surface area contributed by atoms with Crippen LogP contribution in [0.4, 0.5) is 0 Å². The predicted octanol–water partition coefficient (Wildman–Crippen LogP) is 0.807. The zero-order valence-corrected chi connectivity index (χ0v) is 9.98. The highest BCUT2D eigenvalue weighted by Gasteiger charge is 2.39. The molecule has 2 atom stereocenters. The molecule has 3 heterocycles. The van der Waals surface area contributed by atoms with Gasteiger partial charge in [-0.1, -0.05) is 5.16 Å². The summed E-state index contributed by atoms with van der Waals surface area (Å²) in [6.45, 7) is 4.72. The predicted molar refractivity (Wildman–Crippen MR) is 61.7 cm³/mol. The Morgan fingerprint density at radius 1 is 1.59 bits per heavy atom. The van der Waals surface area contributed by atoms with Crippen molar-refractivity contribution in [1.82, 2.24) is 15.4 Å². The lowest BCUT2D eigenvalue weighted by molar-refractivity contribution is 0.0696. The molecule has 1 aromatic heterocycles. The van der Waals surface area contributed by atoms with E-state index in [2.05, 4.69) is 10.5 Å². The molecule has 1 N–H and O–H groups in total. The van der Waals surface area contributed by atoms with Crippen LogP contribution in [0.2, 0.25) is 0 Å². The van der Waals surface area contributed by atoms with Crippen LogP contribution in [0.5, 0.6) is 0 Å². The van der Waals surface area contributed by atoms with Gasteiger partial charge in [-0.15, -0.1) is 0 Å². The van der Waals surface area contributed by atoms with E-state index in [1.807, 2.05) is 11.8 Å². The lowest BCUT2D eigenvalue weighted by Crippen LogP contribution is -2.45. The lowest BCUT2D eigenvalue weighted by atomic mass is 9.94. The Labute approximate surface area is 100 Å². The second-order valence-electron chi connectivity index (χ2n) is 4.92. The number of fused-ring (bicyclic) bond motifs is 1.